The summed E-state index contributed by atoms with van der Waals surface area (Å²) in [4.78, 5) is 24.8. The number of alkyl halides is 3. The molecule has 31 heavy (non-hydrogen) atoms. The molecule has 9 nitrogen and oxygen atoms in total. The number of rotatable bonds is 5. The van der Waals surface area contributed by atoms with Crippen molar-refractivity contribution in [2.75, 3.05) is 0 Å². The van der Waals surface area contributed by atoms with E-state index in [0.717, 1.165) is 12.1 Å². The molecule has 0 unspecified atom stereocenters. The first-order chi connectivity index (χ1) is 14.6. The topological polar surface area (TPSA) is 119 Å². The van der Waals surface area contributed by atoms with Crippen molar-refractivity contribution in [2.45, 2.75) is 26.3 Å². The molecule has 0 aliphatic carbocycles. The number of nitrogens with zero attached hydrogens (tertiary/aromatic N) is 6. The van der Waals surface area contributed by atoms with Gasteiger partial charge < -0.3 is 10.1 Å². The predicted octanol–water partition coefficient (Wildman–Crippen LogP) is 3.39. The van der Waals surface area contributed by atoms with E-state index in [9.17, 15) is 18.0 Å². The van der Waals surface area contributed by atoms with Gasteiger partial charge in [0.25, 0.3) is 5.91 Å². The van der Waals surface area contributed by atoms with Gasteiger partial charge in [-0.05, 0) is 32.0 Å². The van der Waals surface area contributed by atoms with E-state index in [4.69, 9.17) is 5.26 Å². The van der Waals surface area contributed by atoms with Crippen molar-refractivity contribution in [2.24, 2.45) is 0 Å². The van der Waals surface area contributed by atoms with Gasteiger partial charge in [-0.1, -0.05) is 15.9 Å². The molecule has 0 saturated heterocycles. The van der Waals surface area contributed by atoms with Gasteiger partial charge in [0.05, 0.1) is 6.04 Å². The van der Waals surface area contributed by atoms with E-state index < -0.39 is 24.1 Å². The van der Waals surface area contributed by atoms with Crippen LogP contribution < -0.4 is 10.1 Å². The zero-order valence-corrected chi connectivity index (χ0v) is 17.6. The smallest absolute Gasteiger partial charge is 0.406 e. The normalized spacial score (nSPS) is 12.2. The van der Waals surface area contributed by atoms with Crippen LogP contribution in [0.3, 0.4) is 0 Å². The van der Waals surface area contributed by atoms with E-state index in [1.807, 2.05) is 6.07 Å². The van der Waals surface area contributed by atoms with E-state index in [1.165, 1.54) is 23.1 Å². The summed E-state index contributed by atoms with van der Waals surface area (Å²) in [6.45, 7) is 3.26. The number of benzene rings is 1. The summed E-state index contributed by atoms with van der Waals surface area (Å²) in [6, 6.07) is 6.01. The molecule has 160 valence electrons. The van der Waals surface area contributed by atoms with Gasteiger partial charge >= 0.3 is 6.36 Å². The first kappa shape index (κ1) is 22.2. The Morgan fingerprint density at radius 1 is 1.29 bits per heavy atom. The minimum atomic E-state index is -4.89. The molecule has 13 heteroatoms. The van der Waals surface area contributed by atoms with Crippen molar-refractivity contribution in [1.29, 1.82) is 5.26 Å². The largest absolute Gasteiger partial charge is 0.573 e. The molecular formula is C18H13BrF3N7O2. The fourth-order valence-electron chi connectivity index (χ4n) is 2.64. The molecule has 0 bridgehead atoms. The van der Waals surface area contributed by atoms with E-state index in [1.54, 1.807) is 13.8 Å². The molecule has 1 amide bonds. The Hall–Kier alpha value is -3.53. The third-order valence-electron chi connectivity index (χ3n) is 3.82. The molecule has 0 radical (unpaired) electrons. The highest BCUT2D eigenvalue weighted by molar-refractivity contribution is 9.10. The van der Waals surface area contributed by atoms with Crippen LogP contribution in [-0.2, 0) is 0 Å². The molecule has 0 aliphatic rings. The Morgan fingerprint density at radius 2 is 2.03 bits per heavy atom. The zero-order chi connectivity index (χ0) is 22.8. The van der Waals surface area contributed by atoms with Gasteiger partial charge in [-0.2, -0.15) is 9.94 Å². The monoisotopic (exact) mass is 495 g/mol. The van der Waals surface area contributed by atoms with Gasteiger partial charge in [0, 0.05) is 16.1 Å². The van der Waals surface area contributed by atoms with Crippen LogP contribution in [-0.4, -0.2) is 37.0 Å². The maximum atomic E-state index is 12.7. The lowest BCUT2D eigenvalue weighted by Crippen LogP contribution is -2.29. The summed E-state index contributed by atoms with van der Waals surface area (Å²) in [7, 11) is 0. The van der Waals surface area contributed by atoms with Crippen LogP contribution in [0.1, 0.15) is 40.7 Å². The van der Waals surface area contributed by atoms with E-state index in [-0.39, 0.29) is 21.5 Å². The number of aromatic nitrogens is 5. The van der Waals surface area contributed by atoms with Crippen molar-refractivity contribution >= 4 is 21.8 Å². The van der Waals surface area contributed by atoms with Crippen molar-refractivity contribution in [3.8, 4) is 17.6 Å². The second-order valence-corrected chi connectivity index (χ2v) is 7.14. The number of carbonyl (C=O) groups is 1. The van der Waals surface area contributed by atoms with Gasteiger partial charge in [-0.25, -0.2) is 15.0 Å². The van der Waals surface area contributed by atoms with E-state index in [0.29, 0.717) is 11.6 Å². The van der Waals surface area contributed by atoms with Crippen LogP contribution in [0.15, 0.2) is 35.1 Å². The van der Waals surface area contributed by atoms with Crippen LogP contribution in [0.5, 0.6) is 5.75 Å². The lowest BCUT2D eigenvalue weighted by molar-refractivity contribution is -0.274. The van der Waals surface area contributed by atoms with Gasteiger partial charge in [0.1, 0.15) is 29.7 Å². The van der Waals surface area contributed by atoms with Gasteiger partial charge in [0.2, 0.25) is 0 Å². The number of halogens is 4. The minimum Gasteiger partial charge on any atom is -0.406 e. The fourth-order valence-corrected chi connectivity index (χ4v) is 3.11. The number of hydrogen-bond donors (Lipinski definition) is 1. The fraction of sp³-hybridized carbons (Fsp3) is 0.222. The standard InChI is InChI=1S/C18H13BrF3N7O2/c1-9(16-27-10(2)28-29(16)15-6-13(7-23)24-8-25-15)26-17(30)11-3-12(19)5-14(4-11)31-18(20,21)22/h3-6,8-9H,1-2H3,(H,26,30)/t9-/m0/s1. The zero-order valence-electron chi connectivity index (χ0n) is 16.0. The number of nitriles is 1. The Morgan fingerprint density at radius 3 is 2.71 bits per heavy atom. The Bertz CT molecular complexity index is 1170. The molecular weight excluding hydrogens is 483 g/mol. The summed E-state index contributed by atoms with van der Waals surface area (Å²) in [6.07, 6.45) is -3.70. The van der Waals surface area contributed by atoms with Gasteiger partial charge in [0.15, 0.2) is 11.6 Å². The van der Waals surface area contributed by atoms with Crippen LogP contribution in [0, 0.1) is 18.3 Å². The minimum absolute atomic E-state index is 0.0583. The molecule has 2 heterocycles. The number of carbonyl (C=O) groups excluding carboxylic acids is 1. The Labute approximate surface area is 182 Å². The maximum absolute atomic E-state index is 12.7. The van der Waals surface area contributed by atoms with Crippen LogP contribution in [0.2, 0.25) is 0 Å². The molecule has 1 atom stereocenters. The Kier molecular flexibility index (Phi) is 6.21. The Balaban J connectivity index is 1.87. The summed E-state index contributed by atoms with van der Waals surface area (Å²) in [5, 5.41) is 15.9. The van der Waals surface area contributed by atoms with Crippen LogP contribution >= 0.6 is 15.9 Å². The number of nitrogens with one attached hydrogen (secondary N) is 1. The van der Waals surface area contributed by atoms with Crippen molar-refractivity contribution in [3.63, 3.8) is 0 Å². The lowest BCUT2D eigenvalue weighted by Gasteiger charge is -2.15. The second-order valence-electron chi connectivity index (χ2n) is 6.22. The van der Waals surface area contributed by atoms with Crippen LogP contribution in [0.4, 0.5) is 13.2 Å². The van der Waals surface area contributed by atoms with Crippen LogP contribution in [0.25, 0.3) is 5.82 Å². The SMILES string of the molecule is Cc1nc([C@H](C)NC(=O)c2cc(Br)cc(OC(F)(F)F)c2)n(-c2cc(C#N)ncn2)n1. The highest BCUT2D eigenvalue weighted by Gasteiger charge is 2.31. The predicted molar refractivity (Wildman–Crippen MR) is 103 cm³/mol. The third-order valence-corrected chi connectivity index (χ3v) is 4.28. The number of ether oxygens (including phenoxy) is 1. The van der Waals surface area contributed by atoms with E-state index >= 15 is 0 Å². The number of amides is 1. The molecule has 1 aromatic carbocycles. The molecule has 1 N–H and O–H groups in total. The summed E-state index contributed by atoms with van der Waals surface area (Å²) in [5.74, 6) is -0.240. The quantitative estimate of drug-likeness (QED) is 0.575. The molecule has 3 aromatic rings. The van der Waals surface area contributed by atoms with Crippen molar-refractivity contribution < 1.29 is 22.7 Å². The highest BCUT2D eigenvalue weighted by Crippen LogP contribution is 2.27. The molecule has 0 saturated carbocycles. The van der Waals surface area contributed by atoms with Crippen molar-refractivity contribution in [3.05, 3.63) is 58.0 Å². The van der Waals surface area contributed by atoms with Gasteiger partial charge in [-0.15, -0.1) is 18.3 Å². The average molecular weight is 496 g/mol. The maximum Gasteiger partial charge on any atom is 0.573 e. The molecule has 0 aliphatic heterocycles. The van der Waals surface area contributed by atoms with E-state index in [2.05, 4.69) is 46.0 Å². The third kappa shape index (κ3) is 5.54. The number of aryl methyl sites for hydroxylation is 1. The van der Waals surface area contributed by atoms with Crippen molar-refractivity contribution in [1.82, 2.24) is 30.0 Å². The first-order valence-corrected chi connectivity index (χ1v) is 9.38. The highest BCUT2D eigenvalue weighted by atomic mass is 79.9. The lowest BCUT2D eigenvalue weighted by atomic mass is 10.2. The molecule has 3 rings (SSSR count). The second kappa shape index (κ2) is 8.68. The number of hydrogen-bond acceptors (Lipinski definition) is 7. The summed E-state index contributed by atoms with van der Waals surface area (Å²) >= 11 is 3.06. The first-order valence-electron chi connectivity index (χ1n) is 8.59. The summed E-state index contributed by atoms with van der Waals surface area (Å²) in [5.41, 5.74) is 0.0594. The summed E-state index contributed by atoms with van der Waals surface area (Å²) < 4.78 is 43.0. The molecule has 0 fully saturated rings. The molecule has 0 spiro atoms. The average Bonchev–Trinajstić information content (AvgIpc) is 3.08. The molecule has 2 aromatic heterocycles. The van der Waals surface area contributed by atoms with Gasteiger partial charge in [-0.3, -0.25) is 4.79 Å².